The van der Waals surface area contributed by atoms with Gasteiger partial charge in [-0.3, -0.25) is 9.59 Å². The average Bonchev–Trinajstić information content (AvgIpc) is 2.83. The van der Waals surface area contributed by atoms with E-state index in [0.717, 1.165) is 16.7 Å². The quantitative estimate of drug-likeness (QED) is 0.549. The highest BCUT2D eigenvalue weighted by Crippen LogP contribution is 2.12. The number of carbonyl (C=O) groups is 2. The van der Waals surface area contributed by atoms with Crippen molar-refractivity contribution in [3.63, 3.8) is 0 Å². The summed E-state index contributed by atoms with van der Waals surface area (Å²) in [6, 6.07) is 25.2. The van der Waals surface area contributed by atoms with Crippen LogP contribution in [0.15, 0.2) is 78.9 Å². The van der Waals surface area contributed by atoms with E-state index in [-0.39, 0.29) is 18.2 Å². The van der Waals surface area contributed by atoms with E-state index >= 15 is 0 Å². The summed E-state index contributed by atoms with van der Waals surface area (Å²) in [5, 5.41) is 14.8. The zero-order chi connectivity index (χ0) is 22.8. The molecule has 2 amide bonds. The molecule has 0 aliphatic rings. The first kappa shape index (κ1) is 22.6. The summed E-state index contributed by atoms with van der Waals surface area (Å²) in [6.45, 7) is 0.373. The van der Waals surface area contributed by atoms with Crippen molar-refractivity contribution < 1.29 is 14.3 Å². The normalized spacial score (nSPS) is 11.1. The van der Waals surface area contributed by atoms with Crippen LogP contribution >= 0.6 is 0 Å². The number of methoxy groups -OCH3 is 1. The highest BCUT2D eigenvalue weighted by molar-refractivity contribution is 5.88. The number of nitrogens with one attached hydrogen (secondary N) is 2. The number of hydrogen-bond acceptors (Lipinski definition) is 4. The molecule has 6 nitrogen and oxygen atoms in total. The molecule has 0 saturated heterocycles. The molecule has 6 heteroatoms. The molecule has 0 spiro atoms. The van der Waals surface area contributed by atoms with Crippen LogP contribution in [0.25, 0.3) is 0 Å². The van der Waals surface area contributed by atoms with Crippen LogP contribution in [0.5, 0.6) is 5.75 Å². The lowest BCUT2D eigenvalue weighted by molar-refractivity contribution is -0.128. The molecule has 0 aliphatic heterocycles. The average molecular weight is 428 g/mol. The molecular weight excluding hydrogens is 402 g/mol. The molecule has 3 rings (SSSR count). The molecule has 0 aromatic heterocycles. The first-order valence-electron chi connectivity index (χ1n) is 10.3. The fourth-order valence-corrected chi connectivity index (χ4v) is 3.24. The summed E-state index contributed by atoms with van der Waals surface area (Å²) in [5.41, 5.74) is 3.20. The molecule has 0 heterocycles. The smallest absolute Gasteiger partial charge is 0.243 e. The molecule has 32 heavy (non-hydrogen) atoms. The Morgan fingerprint density at radius 3 is 2.19 bits per heavy atom. The fraction of sp³-hybridized carbons (Fsp3) is 0.192. The lowest BCUT2D eigenvalue weighted by Gasteiger charge is -2.19. The van der Waals surface area contributed by atoms with Crippen molar-refractivity contribution in [2.24, 2.45) is 0 Å². The molecule has 1 atom stereocenters. The summed E-state index contributed by atoms with van der Waals surface area (Å²) in [5.74, 6) is 0.207. The van der Waals surface area contributed by atoms with Crippen LogP contribution in [-0.4, -0.2) is 25.0 Å². The first-order chi connectivity index (χ1) is 15.6. The van der Waals surface area contributed by atoms with Gasteiger partial charge in [0.2, 0.25) is 11.8 Å². The predicted molar refractivity (Wildman–Crippen MR) is 122 cm³/mol. The third-order valence-electron chi connectivity index (χ3n) is 5.01. The Morgan fingerprint density at radius 2 is 1.56 bits per heavy atom. The van der Waals surface area contributed by atoms with Gasteiger partial charge in [0.05, 0.1) is 25.2 Å². The first-order valence-corrected chi connectivity index (χ1v) is 10.3. The molecule has 0 bridgehead atoms. The van der Waals surface area contributed by atoms with Gasteiger partial charge in [-0.25, -0.2) is 0 Å². The maximum absolute atomic E-state index is 12.9. The van der Waals surface area contributed by atoms with E-state index < -0.39 is 6.04 Å². The van der Waals surface area contributed by atoms with Crippen LogP contribution in [0.1, 0.15) is 22.3 Å². The fourth-order valence-electron chi connectivity index (χ4n) is 3.24. The number of carbonyl (C=O) groups excluding carboxylic acids is 2. The van der Waals surface area contributed by atoms with Crippen molar-refractivity contribution >= 4 is 11.8 Å². The molecule has 162 valence electrons. The molecular formula is C26H25N3O3. The van der Waals surface area contributed by atoms with E-state index in [0.29, 0.717) is 24.3 Å². The second-order valence-corrected chi connectivity index (χ2v) is 7.36. The van der Waals surface area contributed by atoms with Gasteiger partial charge in [0.1, 0.15) is 11.8 Å². The topological polar surface area (TPSA) is 91.2 Å². The van der Waals surface area contributed by atoms with Gasteiger partial charge in [-0.05, 0) is 41.0 Å². The molecule has 3 aromatic carbocycles. The Balaban J connectivity index is 1.68. The van der Waals surface area contributed by atoms with Gasteiger partial charge in [-0.15, -0.1) is 0 Å². The minimum absolute atomic E-state index is 0.153. The van der Waals surface area contributed by atoms with Crippen LogP contribution < -0.4 is 15.4 Å². The summed E-state index contributed by atoms with van der Waals surface area (Å²) < 4.78 is 5.14. The Bertz CT molecular complexity index is 1070. The standard InChI is InChI=1S/C26H25N3O3/c1-32-23-13-11-20(12-14-23)16-25(30)29-24(15-19-7-9-21(17-27)10-8-19)26(31)28-18-22-5-3-2-4-6-22/h2-14,24H,15-16,18H2,1H3,(H,28,31)(H,29,30)/t24-/m1/s1. The van der Waals surface area contributed by atoms with Crippen molar-refractivity contribution in [3.05, 3.63) is 101 Å². The van der Waals surface area contributed by atoms with Crippen molar-refractivity contribution in [2.45, 2.75) is 25.4 Å². The van der Waals surface area contributed by atoms with E-state index in [1.807, 2.05) is 42.5 Å². The van der Waals surface area contributed by atoms with Gasteiger partial charge in [0.25, 0.3) is 0 Å². The van der Waals surface area contributed by atoms with Gasteiger partial charge in [0, 0.05) is 13.0 Å². The molecule has 0 fully saturated rings. The number of hydrogen-bond donors (Lipinski definition) is 2. The van der Waals surface area contributed by atoms with Gasteiger partial charge in [-0.2, -0.15) is 5.26 Å². The van der Waals surface area contributed by atoms with E-state index in [9.17, 15) is 9.59 Å². The molecule has 0 unspecified atom stereocenters. The second kappa shape index (κ2) is 11.3. The van der Waals surface area contributed by atoms with Crippen molar-refractivity contribution in [2.75, 3.05) is 7.11 Å². The number of nitrogens with zero attached hydrogens (tertiary/aromatic N) is 1. The largest absolute Gasteiger partial charge is 0.497 e. The summed E-state index contributed by atoms with van der Waals surface area (Å²) in [7, 11) is 1.59. The molecule has 0 radical (unpaired) electrons. The molecule has 0 saturated carbocycles. The van der Waals surface area contributed by atoms with Crippen LogP contribution in [0.4, 0.5) is 0 Å². The molecule has 2 N–H and O–H groups in total. The van der Waals surface area contributed by atoms with Gasteiger partial charge in [-0.1, -0.05) is 54.6 Å². The maximum Gasteiger partial charge on any atom is 0.243 e. The SMILES string of the molecule is COc1ccc(CC(=O)N[C@H](Cc2ccc(C#N)cc2)C(=O)NCc2ccccc2)cc1. The number of ether oxygens (including phenoxy) is 1. The van der Waals surface area contributed by atoms with Crippen LogP contribution in [-0.2, 0) is 29.0 Å². The van der Waals surface area contributed by atoms with Crippen molar-refractivity contribution in [1.29, 1.82) is 5.26 Å². The lowest BCUT2D eigenvalue weighted by Crippen LogP contribution is -2.48. The monoisotopic (exact) mass is 427 g/mol. The van der Waals surface area contributed by atoms with E-state index in [1.165, 1.54) is 0 Å². The third kappa shape index (κ3) is 6.71. The Morgan fingerprint density at radius 1 is 0.906 bits per heavy atom. The van der Waals surface area contributed by atoms with E-state index in [2.05, 4.69) is 16.7 Å². The van der Waals surface area contributed by atoms with E-state index in [1.54, 1.807) is 43.5 Å². The highest BCUT2D eigenvalue weighted by Gasteiger charge is 2.21. The zero-order valence-corrected chi connectivity index (χ0v) is 17.9. The summed E-state index contributed by atoms with van der Waals surface area (Å²) >= 11 is 0. The van der Waals surface area contributed by atoms with Crippen LogP contribution in [0, 0.1) is 11.3 Å². The summed E-state index contributed by atoms with van der Waals surface area (Å²) in [4.78, 5) is 25.6. The highest BCUT2D eigenvalue weighted by atomic mass is 16.5. The minimum Gasteiger partial charge on any atom is -0.497 e. The number of benzene rings is 3. The van der Waals surface area contributed by atoms with Crippen molar-refractivity contribution in [1.82, 2.24) is 10.6 Å². The summed E-state index contributed by atoms with van der Waals surface area (Å²) in [6.07, 6.45) is 0.473. The minimum atomic E-state index is -0.739. The van der Waals surface area contributed by atoms with Crippen LogP contribution in [0.3, 0.4) is 0 Å². The third-order valence-corrected chi connectivity index (χ3v) is 5.01. The Labute approximate surface area is 187 Å². The van der Waals surface area contributed by atoms with Gasteiger partial charge < -0.3 is 15.4 Å². The van der Waals surface area contributed by atoms with Crippen LogP contribution in [0.2, 0.25) is 0 Å². The Hall–Kier alpha value is -4.11. The second-order valence-electron chi connectivity index (χ2n) is 7.36. The number of amides is 2. The predicted octanol–water partition coefficient (Wildman–Crippen LogP) is 3.15. The Kier molecular flexibility index (Phi) is 7.99. The van der Waals surface area contributed by atoms with Gasteiger partial charge >= 0.3 is 0 Å². The lowest BCUT2D eigenvalue weighted by atomic mass is 10.0. The molecule has 0 aliphatic carbocycles. The number of rotatable bonds is 9. The number of nitriles is 1. The maximum atomic E-state index is 12.9. The van der Waals surface area contributed by atoms with Crippen molar-refractivity contribution in [3.8, 4) is 11.8 Å². The zero-order valence-electron chi connectivity index (χ0n) is 17.9. The van der Waals surface area contributed by atoms with Gasteiger partial charge in [0.15, 0.2) is 0 Å². The molecule has 3 aromatic rings. The van der Waals surface area contributed by atoms with E-state index in [4.69, 9.17) is 10.00 Å².